The summed E-state index contributed by atoms with van der Waals surface area (Å²) in [5.41, 5.74) is 7.33. The molecule has 2 aliphatic heterocycles. The summed E-state index contributed by atoms with van der Waals surface area (Å²) in [4.78, 5) is 30.0. The van der Waals surface area contributed by atoms with E-state index in [9.17, 15) is 14.7 Å². The van der Waals surface area contributed by atoms with Crippen molar-refractivity contribution in [1.29, 1.82) is 0 Å². The third-order valence-electron chi connectivity index (χ3n) is 5.58. The molecule has 3 aromatic rings. The van der Waals surface area contributed by atoms with Crippen molar-refractivity contribution in [2.75, 3.05) is 0 Å². The number of nitrogens with two attached hydrogens (primary N) is 1. The second-order valence-electron chi connectivity index (χ2n) is 6.95. The molecule has 0 amide bonds. The van der Waals surface area contributed by atoms with E-state index in [1.807, 2.05) is 30.3 Å². The molecular weight excluding hydrogens is 346 g/mol. The number of carbonyl (C=O) groups excluding carboxylic acids is 1. The van der Waals surface area contributed by atoms with Gasteiger partial charge in [0.05, 0.1) is 22.5 Å². The lowest BCUT2D eigenvalue weighted by Gasteiger charge is -2.32. The van der Waals surface area contributed by atoms with E-state index in [1.54, 1.807) is 13.0 Å². The van der Waals surface area contributed by atoms with Crippen LogP contribution in [0.3, 0.4) is 0 Å². The van der Waals surface area contributed by atoms with E-state index >= 15 is 0 Å². The van der Waals surface area contributed by atoms with Crippen molar-refractivity contribution in [3.05, 3.63) is 63.4 Å². The first-order valence-corrected chi connectivity index (χ1v) is 8.80. The Balaban J connectivity index is 1.85. The van der Waals surface area contributed by atoms with Crippen LogP contribution in [0.2, 0.25) is 0 Å². The summed E-state index contributed by atoms with van der Waals surface area (Å²) in [6, 6.07) is 11.2. The SMILES string of the molecule is CC[C@@]1(O)C(=O)OCc2c1cc1n(c2=O)C(N)c2cc3ccccc3nc2-1. The maximum Gasteiger partial charge on any atom is 0.343 e. The third-order valence-corrected chi connectivity index (χ3v) is 5.58. The summed E-state index contributed by atoms with van der Waals surface area (Å²) in [5, 5.41) is 11.8. The van der Waals surface area contributed by atoms with Crippen molar-refractivity contribution in [3.8, 4) is 11.4 Å². The van der Waals surface area contributed by atoms with Crippen LogP contribution in [-0.2, 0) is 21.7 Å². The standard InChI is InChI=1S/C20H17N3O4/c1-2-20(26)13-8-15-16-11(7-10-5-3-4-6-14(10)22-16)17(21)23(15)18(24)12(13)9-27-19(20)25/h3-8,17,26H,2,9,21H2,1H3/t17?,20-/m0/s1. The number of aliphatic hydroxyl groups is 1. The molecule has 136 valence electrons. The number of cyclic esters (lactones) is 1. The Morgan fingerprint density at radius 2 is 2.11 bits per heavy atom. The number of carbonyl (C=O) groups is 1. The van der Waals surface area contributed by atoms with Crippen molar-refractivity contribution >= 4 is 16.9 Å². The van der Waals surface area contributed by atoms with Gasteiger partial charge >= 0.3 is 5.97 Å². The number of rotatable bonds is 1. The summed E-state index contributed by atoms with van der Waals surface area (Å²) in [6.07, 6.45) is -0.580. The molecule has 0 saturated carbocycles. The Morgan fingerprint density at radius 1 is 1.33 bits per heavy atom. The Bertz CT molecular complexity index is 1200. The van der Waals surface area contributed by atoms with Crippen molar-refractivity contribution in [1.82, 2.24) is 9.55 Å². The average Bonchev–Trinajstić information content (AvgIpc) is 2.95. The molecule has 1 unspecified atom stereocenters. The Morgan fingerprint density at radius 3 is 2.89 bits per heavy atom. The first kappa shape index (κ1) is 16.2. The summed E-state index contributed by atoms with van der Waals surface area (Å²) in [6.45, 7) is 1.50. The van der Waals surface area contributed by atoms with Crippen LogP contribution in [0, 0.1) is 0 Å². The van der Waals surface area contributed by atoms with Crippen LogP contribution in [0.15, 0.2) is 41.2 Å². The first-order chi connectivity index (χ1) is 13.0. The van der Waals surface area contributed by atoms with Gasteiger partial charge in [-0.2, -0.15) is 0 Å². The molecule has 3 N–H and O–H groups in total. The molecule has 0 aliphatic carbocycles. The van der Waals surface area contributed by atoms with E-state index in [1.165, 1.54) is 4.57 Å². The van der Waals surface area contributed by atoms with Gasteiger partial charge in [-0.15, -0.1) is 0 Å². The number of esters is 1. The zero-order chi connectivity index (χ0) is 18.9. The van der Waals surface area contributed by atoms with Crippen LogP contribution in [0.4, 0.5) is 0 Å². The topological polar surface area (TPSA) is 107 Å². The largest absolute Gasteiger partial charge is 0.458 e. The van der Waals surface area contributed by atoms with Gasteiger partial charge in [-0.3, -0.25) is 9.36 Å². The van der Waals surface area contributed by atoms with Gasteiger partial charge in [-0.25, -0.2) is 9.78 Å². The van der Waals surface area contributed by atoms with Crippen LogP contribution < -0.4 is 11.3 Å². The van der Waals surface area contributed by atoms with Gasteiger partial charge < -0.3 is 15.6 Å². The van der Waals surface area contributed by atoms with E-state index in [4.69, 9.17) is 15.5 Å². The summed E-state index contributed by atoms with van der Waals surface area (Å²) >= 11 is 0. The monoisotopic (exact) mass is 363 g/mol. The molecule has 2 aromatic heterocycles. The highest BCUT2D eigenvalue weighted by Gasteiger charge is 2.46. The average molecular weight is 363 g/mol. The minimum Gasteiger partial charge on any atom is -0.458 e. The number of hydrogen-bond donors (Lipinski definition) is 2. The zero-order valence-corrected chi connectivity index (χ0v) is 14.6. The highest BCUT2D eigenvalue weighted by molar-refractivity contribution is 5.86. The lowest BCUT2D eigenvalue weighted by Crippen LogP contribution is -2.45. The van der Waals surface area contributed by atoms with Gasteiger partial charge in [0.15, 0.2) is 5.60 Å². The van der Waals surface area contributed by atoms with Crippen molar-refractivity contribution in [3.63, 3.8) is 0 Å². The minimum atomic E-state index is -1.84. The fourth-order valence-corrected chi connectivity index (χ4v) is 4.03. The van der Waals surface area contributed by atoms with Gasteiger partial charge in [0, 0.05) is 16.5 Å². The molecular formula is C20H17N3O4. The van der Waals surface area contributed by atoms with Crippen LogP contribution in [0.1, 0.15) is 36.2 Å². The summed E-state index contributed by atoms with van der Waals surface area (Å²) in [7, 11) is 0. The Hall–Kier alpha value is -3.03. The van der Waals surface area contributed by atoms with Gasteiger partial charge in [0.1, 0.15) is 12.8 Å². The van der Waals surface area contributed by atoms with E-state index in [2.05, 4.69) is 0 Å². The molecule has 4 heterocycles. The molecule has 7 nitrogen and oxygen atoms in total. The van der Waals surface area contributed by atoms with Crippen LogP contribution in [0.5, 0.6) is 0 Å². The number of fused-ring (bicyclic) bond motifs is 5. The molecule has 0 radical (unpaired) electrons. The van der Waals surface area contributed by atoms with E-state index < -0.39 is 17.7 Å². The van der Waals surface area contributed by atoms with E-state index in [-0.39, 0.29) is 29.7 Å². The third kappa shape index (κ3) is 1.95. The molecule has 2 atom stereocenters. The predicted octanol–water partition coefficient (Wildman–Crippen LogP) is 1.54. The van der Waals surface area contributed by atoms with Gasteiger partial charge in [-0.05, 0) is 24.6 Å². The number of pyridine rings is 2. The fraction of sp³-hybridized carbons (Fsp3) is 0.250. The highest BCUT2D eigenvalue weighted by Crippen LogP contribution is 2.40. The highest BCUT2D eigenvalue weighted by atomic mass is 16.6. The summed E-state index contributed by atoms with van der Waals surface area (Å²) < 4.78 is 6.53. The molecule has 27 heavy (non-hydrogen) atoms. The molecule has 2 aliphatic rings. The zero-order valence-electron chi connectivity index (χ0n) is 14.6. The number of benzene rings is 1. The Kier molecular flexibility index (Phi) is 3.14. The fourth-order valence-electron chi connectivity index (χ4n) is 4.03. The quantitative estimate of drug-likeness (QED) is 0.635. The number of hydrogen-bond acceptors (Lipinski definition) is 6. The van der Waals surface area contributed by atoms with Gasteiger partial charge in [0.2, 0.25) is 0 Å². The Labute approximate surface area is 154 Å². The molecule has 7 heteroatoms. The van der Waals surface area contributed by atoms with Crippen LogP contribution in [0.25, 0.3) is 22.3 Å². The number of para-hydroxylation sites is 1. The lowest BCUT2D eigenvalue weighted by atomic mass is 9.86. The summed E-state index contributed by atoms with van der Waals surface area (Å²) in [5.74, 6) is -0.740. The molecule has 5 rings (SSSR count). The lowest BCUT2D eigenvalue weighted by molar-refractivity contribution is -0.172. The van der Waals surface area contributed by atoms with Crippen molar-refractivity contribution in [2.24, 2.45) is 5.73 Å². The number of nitrogens with zero attached hydrogens (tertiary/aromatic N) is 2. The maximum atomic E-state index is 13.1. The predicted molar refractivity (Wildman–Crippen MR) is 97.7 cm³/mol. The first-order valence-electron chi connectivity index (χ1n) is 8.80. The smallest absolute Gasteiger partial charge is 0.343 e. The van der Waals surface area contributed by atoms with Gasteiger partial charge in [0.25, 0.3) is 5.56 Å². The second-order valence-corrected chi connectivity index (χ2v) is 6.95. The second kappa shape index (κ2) is 5.25. The van der Waals surface area contributed by atoms with Gasteiger partial charge in [-0.1, -0.05) is 25.1 Å². The molecule has 0 saturated heterocycles. The molecule has 0 fully saturated rings. The maximum absolute atomic E-state index is 13.1. The molecule has 0 spiro atoms. The minimum absolute atomic E-state index is 0.103. The van der Waals surface area contributed by atoms with E-state index in [0.29, 0.717) is 11.4 Å². The number of aromatic nitrogens is 2. The molecule has 0 bridgehead atoms. The van der Waals surface area contributed by atoms with Crippen molar-refractivity contribution < 1.29 is 14.6 Å². The van der Waals surface area contributed by atoms with Crippen LogP contribution in [-0.4, -0.2) is 20.6 Å². The van der Waals surface area contributed by atoms with Crippen LogP contribution >= 0.6 is 0 Å². The normalized spacial score (nSPS) is 22.9. The number of ether oxygens (including phenoxy) is 1. The molecule has 1 aromatic carbocycles. The van der Waals surface area contributed by atoms with Crippen molar-refractivity contribution in [2.45, 2.75) is 31.7 Å². The van der Waals surface area contributed by atoms with E-state index in [0.717, 1.165) is 16.5 Å².